The quantitative estimate of drug-likeness (QED) is 0.606. The number of anilines is 1. The molecule has 1 aromatic heterocycles. The van der Waals surface area contributed by atoms with E-state index < -0.39 is 0 Å². The van der Waals surface area contributed by atoms with Crippen molar-refractivity contribution in [2.24, 2.45) is 5.92 Å². The molecule has 16 heavy (non-hydrogen) atoms. The lowest BCUT2D eigenvalue weighted by Crippen LogP contribution is -2.07. The molecule has 0 fully saturated rings. The Balaban J connectivity index is 2.82. The molecule has 0 aromatic carbocycles. The maximum atomic E-state index is 8.97. The fourth-order valence-corrected chi connectivity index (χ4v) is 2.17. The van der Waals surface area contributed by atoms with Crippen LogP contribution in [0.2, 0.25) is 0 Å². The van der Waals surface area contributed by atoms with Gasteiger partial charge in [0.05, 0.1) is 0 Å². The van der Waals surface area contributed by atoms with Crippen LogP contribution in [0.1, 0.15) is 25.2 Å². The fraction of sp³-hybridized carbons (Fsp3) is 0.636. The second-order valence-corrected chi connectivity index (χ2v) is 4.92. The Bertz CT molecular complexity index is 357. The third-order valence-electron chi connectivity index (χ3n) is 2.32. The van der Waals surface area contributed by atoms with Gasteiger partial charge in [0.15, 0.2) is 0 Å². The number of aliphatic hydroxyl groups is 1. The Morgan fingerprint density at radius 3 is 2.69 bits per heavy atom. The van der Waals surface area contributed by atoms with Crippen LogP contribution >= 0.6 is 11.8 Å². The Kier molecular flexibility index (Phi) is 5.02. The molecule has 0 aliphatic heterocycles. The number of aliphatic hydroxyl groups excluding tert-OH is 1. The number of nitrogens with zero attached hydrogens (tertiary/aromatic N) is 2. The third kappa shape index (κ3) is 3.35. The highest BCUT2D eigenvalue weighted by Crippen LogP contribution is 2.25. The third-order valence-corrected chi connectivity index (χ3v) is 3.72. The van der Waals surface area contributed by atoms with Crippen molar-refractivity contribution in [2.45, 2.75) is 32.2 Å². The Hall–Kier alpha value is -0.810. The van der Waals surface area contributed by atoms with Gasteiger partial charge in [-0.3, -0.25) is 0 Å². The Morgan fingerprint density at radius 2 is 2.12 bits per heavy atom. The molecule has 3 N–H and O–H groups in total. The summed E-state index contributed by atoms with van der Waals surface area (Å²) in [5, 5.41) is 9.90. The molecular formula is C11H19N3OS. The molecule has 1 unspecified atom stereocenters. The minimum Gasteiger partial charge on any atom is -0.396 e. The summed E-state index contributed by atoms with van der Waals surface area (Å²) in [7, 11) is 0. The normalized spacial score (nSPS) is 12.8. The first kappa shape index (κ1) is 13.3. The second-order valence-electron chi connectivity index (χ2n) is 3.91. The van der Waals surface area contributed by atoms with E-state index in [0.29, 0.717) is 5.82 Å². The fourth-order valence-electron chi connectivity index (χ4n) is 1.13. The van der Waals surface area contributed by atoms with Crippen LogP contribution in [0.5, 0.6) is 0 Å². The molecule has 0 amide bonds. The van der Waals surface area contributed by atoms with E-state index in [1.165, 1.54) is 0 Å². The Labute approximate surface area is 101 Å². The van der Waals surface area contributed by atoms with E-state index in [-0.39, 0.29) is 12.5 Å². The molecule has 0 saturated heterocycles. The first-order valence-corrected chi connectivity index (χ1v) is 6.43. The maximum absolute atomic E-state index is 8.97. The van der Waals surface area contributed by atoms with Crippen molar-refractivity contribution in [3.05, 3.63) is 11.4 Å². The lowest BCUT2D eigenvalue weighted by molar-refractivity contribution is 0.250. The van der Waals surface area contributed by atoms with Gasteiger partial charge < -0.3 is 10.8 Å². The van der Waals surface area contributed by atoms with Gasteiger partial charge in [-0.15, -0.1) is 11.8 Å². The largest absolute Gasteiger partial charge is 0.396 e. The number of nitrogens with two attached hydrogens (primary N) is 1. The standard InChI is InChI=1S/C11H19N3OS/c1-4-9-13-10(12)8(3)11(14-9)16-6-7(2)5-15/h7,15H,4-6H2,1-3H3,(H2,12,13,14). The molecule has 5 heteroatoms. The summed E-state index contributed by atoms with van der Waals surface area (Å²) in [6.07, 6.45) is 0.785. The molecule has 0 bridgehead atoms. The van der Waals surface area contributed by atoms with Crippen LogP contribution in [0.15, 0.2) is 5.03 Å². The first-order valence-electron chi connectivity index (χ1n) is 5.45. The molecule has 4 nitrogen and oxygen atoms in total. The maximum Gasteiger partial charge on any atom is 0.131 e. The van der Waals surface area contributed by atoms with Crippen molar-refractivity contribution in [3.63, 3.8) is 0 Å². The van der Waals surface area contributed by atoms with E-state index in [1.807, 2.05) is 20.8 Å². The second kappa shape index (κ2) is 6.06. The number of aromatic nitrogens is 2. The van der Waals surface area contributed by atoms with Gasteiger partial charge in [-0.1, -0.05) is 13.8 Å². The Morgan fingerprint density at radius 1 is 1.44 bits per heavy atom. The molecular weight excluding hydrogens is 222 g/mol. The summed E-state index contributed by atoms with van der Waals surface area (Å²) in [5.74, 6) is 2.45. The van der Waals surface area contributed by atoms with Crippen molar-refractivity contribution < 1.29 is 5.11 Å². The van der Waals surface area contributed by atoms with E-state index in [4.69, 9.17) is 10.8 Å². The molecule has 0 aliphatic rings. The van der Waals surface area contributed by atoms with Gasteiger partial charge in [-0.25, -0.2) is 9.97 Å². The van der Waals surface area contributed by atoms with Gasteiger partial charge in [0, 0.05) is 24.3 Å². The minimum absolute atomic E-state index is 0.202. The van der Waals surface area contributed by atoms with Gasteiger partial charge in [-0.2, -0.15) is 0 Å². The zero-order chi connectivity index (χ0) is 12.1. The molecule has 1 heterocycles. The molecule has 0 radical (unpaired) electrons. The zero-order valence-electron chi connectivity index (χ0n) is 10.0. The average Bonchev–Trinajstić information content (AvgIpc) is 2.30. The zero-order valence-corrected chi connectivity index (χ0v) is 10.8. The van der Waals surface area contributed by atoms with Crippen molar-refractivity contribution in [1.29, 1.82) is 0 Å². The van der Waals surface area contributed by atoms with Crippen LogP contribution in [0, 0.1) is 12.8 Å². The monoisotopic (exact) mass is 241 g/mol. The lowest BCUT2D eigenvalue weighted by Gasteiger charge is -2.11. The number of thioether (sulfide) groups is 1. The minimum atomic E-state index is 0.202. The first-order chi connectivity index (χ1) is 7.58. The molecule has 90 valence electrons. The van der Waals surface area contributed by atoms with Crippen molar-refractivity contribution in [2.75, 3.05) is 18.1 Å². The summed E-state index contributed by atoms with van der Waals surface area (Å²) in [5.41, 5.74) is 6.76. The highest BCUT2D eigenvalue weighted by molar-refractivity contribution is 7.99. The average molecular weight is 241 g/mol. The summed E-state index contributed by atoms with van der Waals surface area (Å²) in [6.45, 7) is 6.15. The predicted molar refractivity (Wildman–Crippen MR) is 67.5 cm³/mol. The molecule has 1 atom stereocenters. The smallest absolute Gasteiger partial charge is 0.131 e. The SMILES string of the molecule is CCc1nc(N)c(C)c(SCC(C)CO)n1. The summed E-state index contributed by atoms with van der Waals surface area (Å²) < 4.78 is 0. The number of nitrogen functional groups attached to an aromatic ring is 1. The van der Waals surface area contributed by atoms with E-state index in [9.17, 15) is 0 Å². The van der Waals surface area contributed by atoms with Crippen molar-refractivity contribution >= 4 is 17.6 Å². The van der Waals surface area contributed by atoms with E-state index in [2.05, 4.69) is 9.97 Å². The number of hydrogen-bond acceptors (Lipinski definition) is 5. The van der Waals surface area contributed by atoms with Crippen LogP contribution < -0.4 is 5.73 Å². The van der Waals surface area contributed by atoms with E-state index in [0.717, 1.165) is 28.6 Å². The van der Waals surface area contributed by atoms with Crippen LogP contribution in [-0.4, -0.2) is 27.4 Å². The number of hydrogen-bond donors (Lipinski definition) is 2. The molecule has 1 aromatic rings. The van der Waals surface area contributed by atoms with Gasteiger partial charge >= 0.3 is 0 Å². The van der Waals surface area contributed by atoms with Crippen LogP contribution in [0.3, 0.4) is 0 Å². The highest BCUT2D eigenvalue weighted by atomic mass is 32.2. The molecule has 0 spiro atoms. The van der Waals surface area contributed by atoms with Gasteiger partial charge in [0.2, 0.25) is 0 Å². The van der Waals surface area contributed by atoms with Crippen LogP contribution in [0.4, 0.5) is 5.82 Å². The number of rotatable bonds is 5. The van der Waals surface area contributed by atoms with Gasteiger partial charge in [0.1, 0.15) is 16.7 Å². The summed E-state index contributed by atoms with van der Waals surface area (Å²) in [6, 6.07) is 0. The topological polar surface area (TPSA) is 72.0 Å². The molecule has 1 rings (SSSR count). The van der Waals surface area contributed by atoms with Gasteiger partial charge in [-0.05, 0) is 12.8 Å². The van der Waals surface area contributed by atoms with E-state index in [1.54, 1.807) is 11.8 Å². The lowest BCUT2D eigenvalue weighted by atomic mass is 10.2. The van der Waals surface area contributed by atoms with Crippen LogP contribution in [-0.2, 0) is 6.42 Å². The van der Waals surface area contributed by atoms with Crippen molar-refractivity contribution in [3.8, 4) is 0 Å². The van der Waals surface area contributed by atoms with E-state index >= 15 is 0 Å². The highest BCUT2D eigenvalue weighted by Gasteiger charge is 2.10. The molecule has 0 aliphatic carbocycles. The predicted octanol–water partition coefficient (Wildman–Crippen LogP) is 1.65. The summed E-state index contributed by atoms with van der Waals surface area (Å²) in [4.78, 5) is 8.65. The molecule has 0 saturated carbocycles. The van der Waals surface area contributed by atoms with Gasteiger partial charge in [0.25, 0.3) is 0 Å². The summed E-state index contributed by atoms with van der Waals surface area (Å²) >= 11 is 1.63. The van der Waals surface area contributed by atoms with Crippen LogP contribution in [0.25, 0.3) is 0 Å². The number of aryl methyl sites for hydroxylation is 1. The van der Waals surface area contributed by atoms with Crippen molar-refractivity contribution in [1.82, 2.24) is 9.97 Å².